The molecule has 0 amide bonds. The quantitative estimate of drug-likeness (QED) is 0.591. The maximum Gasteiger partial charge on any atom is 0.132 e. The standard InChI is InChI=1S/C12H14F2OSi/c1-16(2,3)5-4-9-6-11(13)10(8-15)12(14)7-9/h6-7,15H,8H2,1-3H3. The second-order valence-corrected chi connectivity index (χ2v) is 9.33. The van der Waals surface area contributed by atoms with Gasteiger partial charge in [-0.05, 0) is 12.1 Å². The van der Waals surface area contributed by atoms with Gasteiger partial charge in [-0.2, -0.15) is 0 Å². The summed E-state index contributed by atoms with van der Waals surface area (Å²) in [6.45, 7) is 5.51. The minimum Gasteiger partial charge on any atom is -0.391 e. The van der Waals surface area contributed by atoms with Crippen LogP contribution in [-0.2, 0) is 6.61 Å². The fourth-order valence-corrected chi connectivity index (χ4v) is 1.61. The summed E-state index contributed by atoms with van der Waals surface area (Å²) in [6, 6.07) is 2.31. The summed E-state index contributed by atoms with van der Waals surface area (Å²) in [5.74, 6) is 1.27. The van der Waals surface area contributed by atoms with Gasteiger partial charge in [0, 0.05) is 11.1 Å². The van der Waals surface area contributed by atoms with Crippen LogP contribution in [0, 0.1) is 23.1 Å². The number of aliphatic hydroxyl groups is 1. The van der Waals surface area contributed by atoms with E-state index in [1.54, 1.807) is 0 Å². The Morgan fingerprint density at radius 1 is 1.19 bits per heavy atom. The summed E-state index contributed by atoms with van der Waals surface area (Å²) < 4.78 is 26.5. The van der Waals surface area contributed by atoms with Gasteiger partial charge in [0.05, 0.1) is 6.61 Å². The van der Waals surface area contributed by atoms with E-state index in [-0.39, 0.29) is 5.56 Å². The van der Waals surface area contributed by atoms with E-state index in [2.05, 4.69) is 31.1 Å². The molecule has 0 atom stereocenters. The lowest BCUT2D eigenvalue weighted by molar-refractivity contribution is 0.269. The Kier molecular flexibility index (Phi) is 3.84. The zero-order valence-corrected chi connectivity index (χ0v) is 10.6. The smallest absolute Gasteiger partial charge is 0.132 e. The molecule has 1 aromatic rings. The second-order valence-electron chi connectivity index (χ2n) is 4.58. The average Bonchev–Trinajstić information content (AvgIpc) is 2.13. The maximum absolute atomic E-state index is 13.3. The lowest BCUT2D eigenvalue weighted by Crippen LogP contribution is -2.16. The maximum atomic E-state index is 13.3. The molecule has 0 spiro atoms. The van der Waals surface area contributed by atoms with Crippen LogP contribution in [0.15, 0.2) is 12.1 Å². The molecule has 0 fully saturated rings. The van der Waals surface area contributed by atoms with Crippen LogP contribution < -0.4 is 0 Å². The number of rotatable bonds is 1. The van der Waals surface area contributed by atoms with E-state index in [0.717, 1.165) is 12.1 Å². The molecule has 86 valence electrons. The van der Waals surface area contributed by atoms with Crippen molar-refractivity contribution in [1.29, 1.82) is 0 Å². The normalized spacial score (nSPS) is 10.9. The molecule has 1 rings (SSSR count). The van der Waals surface area contributed by atoms with Crippen LogP contribution in [0.1, 0.15) is 11.1 Å². The summed E-state index contributed by atoms with van der Waals surface area (Å²) in [5.41, 5.74) is 3.03. The Bertz CT molecular complexity index is 429. The van der Waals surface area contributed by atoms with Gasteiger partial charge in [-0.15, -0.1) is 5.54 Å². The van der Waals surface area contributed by atoms with Gasteiger partial charge in [0.15, 0.2) is 0 Å². The van der Waals surface area contributed by atoms with E-state index in [9.17, 15) is 8.78 Å². The Morgan fingerprint density at radius 3 is 2.06 bits per heavy atom. The lowest BCUT2D eigenvalue weighted by Gasteiger charge is -2.04. The van der Waals surface area contributed by atoms with E-state index >= 15 is 0 Å². The zero-order chi connectivity index (χ0) is 12.3. The number of halogens is 2. The van der Waals surface area contributed by atoms with E-state index in [4.69, 9.17) is 5.11 Å². The third-order valence-electron chi connectivity index (χ3n) is 1.88. The molecule has 0 heterocycles. The van der Waals surface area contributed by atoms with Crippen LogP contribution in [0.25, 0.3) is 0 Å². The molecule has 0 aromatic heterocycles. The first-order chi connectivity index (χ1) is 7.33. The van der Waals surface area contributed by atoms with Crippen molar-refractivity contribution in [2.24, 2.45) is 0 Å². The highest BCUT2D eigenvalue weighted by atomic mass is 28.3. The predicted molar refractivity (Wildman–Crippen MR) is 62.5 cm³/mol. The van der Waals surface area contributed by atoms with Crippen LogP contribution in [0.5, 0.6) is 0 Å². The van der Waals surface area contributed by atoms with E-state index in [1.165, 1.54) is 0 Å². The minimum absolute atomic E-state index is 0.307. The van der Waals surface area contributed by atoms with Gasteiger partial charge in [0.1, 0.15) is 19.7 Å². The Labute approximate surface area is 95.1 Å². The summed E-state index contributed by atoms with van der Waals surface area (Å²) in [5, 5.41) is 8.74. The van der Waals surface area contributed by atoms with Gasteiger partial charge in [-0.3, -0.25) is 0 Å². The third kappa shape index (κ3) is 3.44. The lowest BCUT2D eigenvalue weighted by atomic mass is 10.1. The monoisotopic (exact) mass is 240 g/mol. The first-order valence-corrected chi connectivity index (χ1v) is 8.45. The largest absolute Gasteiger partial charge is 0.391 e. The molecule has 0 aliphatic heterocycles. The number of aliphatic hydroxyl groups excluding tert-OH is 1. The first kappa shape index (κ1) is 12.9. The van der Waals surface area contributed by atoms with Crippen LogP contribution in [-0.4, -0.2) is 13.2 Å². The molecular weight excluding hydrogens is 226 g/mol. The molecule has 0 saturated heterocycles. The van der Waals surface area contributed by atoms with Gasteiger partial charge >= 0.3 is 0 Å². The Balaban J connectivity index is 3.13. The fraction of sp³-hybridized carbons (Fsp3) is 0.333. The molecule has 0 aliphatic rings. The highest BCUT2D eigenvalue weighted by Gasteiger charge is 2.10. The Hall–Kier alpha value is -1.18. The first-order valence-electron chi connectivity index (χ1n) is 4.95. The van der Waals surface area contributed by atoms with Crippen LogP contribution >= 0.6 is 0 Å². The molecular formula is C12H14F2OSi. The van der Waals surface area contributed by atoms with Crippen molar-refractivity contribution in [2.45, 2.75) is 26.2 Å². The highest BCUT2D eigenvalue weighted by Crippen LogP contribution is 2.15. The molecule has 0 unspecified atom stereocenters. The predicted octanol–water partition coefficient (Wildman–Crippen LogP) is 2.69. The van der Waals surface area contributed by atoms with Crippen molar-refractivity contribution in [3.8, 4) is 11.5 Å². The number of hydrogen-bond acceptors (Lipinski definition) is 1. The summed E-state index contributed by atoms with van der Waals surface area (Å²) >= 11 is 0. The molecule has 1 N–H and O–H groups in total. The van der Waals surface area contributed by atoms with Gasteiger partial charge in [0.25, 0.3) is 0 Å². The van der Waals surface area contributed by atoms with Gasteiger partial charge in [0.2, 0.25) is 0 Å². The van der Waals surface area contributed by atoms with Crippen molar-refractivity contribution in [3.63, 3.8) is 0 Å². The van der Waals surface area contributed by atoms with E-state index < -0.39 is 26.3 Å². The van der Waals surface area contributed by atoms with Crippen LogP contribution in [0.4, 0.5) is 8.78 Å². The van der Waals surface area contributed by atoms with Crippen molar-refractivity contribution in [1.82, 2.24) is 0 Å². The van der Waals surface area contributed by atoms with Crippen molar-refractivity contribution < 1.29 is 13.9 Å². The highest BCUT2D eigenvalue weighted by molar-refractivity contribution is 6.83. The van der Waals surface area contributed by atoms with Crippen molar-refractivity contribution in [3.05, 3.63) is 34.9 Å². The second kappa shape index (κ2) is 4.77. The van der Waals surface area contributed by atoms with Crippen LogP contribution in [0.3, 0.4) is 0 Å². The molecule has 0 aliphatic carbocycles. The topological polar surface area (TPSA) is 20.2 Å². The summed E-state index contributed by atoms with van der Waals surface area (Å²) in [4.78, 5) is 0. The van der Waals surface area contributed by atoms with Crippen molar-refractivity contribution >= 4 is 8.07 Å². The van der Waals surface area contributed by atoms with Crippen molar-refractivity contribution in [2.75, 3.05) is 0 Å². The SMILES string of the molecule is C[Si](C)(C)C#Cc1cc(F)c(CO)c(F)c1. The van der Waals surface area contributed by atoms with Crippen LogP contribution in [0.2, 0.25) is 19.6 Å². The van der Waals surface area contributed by atoms with E-state index in [0.29, 0.717) is 5.56 Å². The molecule has 1 nitrogen and oxygen atoms in total. The summed E-state index contributed by atoms with van der Waals surface area (Å²) in [6.07, 6.45) is 0. The summed E-state index contributed by atoms with van der Waals surface area (Å²) in [7, 11) is -1.55. The fourth-order valence-electron chi connectivity index (χ4n) is 1.09. The zero-order valence-electron chi connectivity index (χ0n) is 9.56. The van der Waals surface area contributed by atoms with Gasteiger partial charge in [-0.25, -0.2) is 8.78 Å². The average molecular weight is 240 g/mol. The molecule has 1 aromatic carbocycles. The molecule has 0 bridgehead atoms. The minimum atomic E-state index is -1.55. The van der Waals surface area contributed by atoms with E-state index in [1.807, 2.05) is 0 Å². The number of benzene rings is 1. The third-order valence-corrected chi connectivity index (χ3v) is 2.76. The number of hydrogen-bond donors (Lipinski definition) is 1. The van der Waals surface area contributed by atoms with Gasteiger partial charge < -0.3 is 5.11 Å². The molecule has 16 heavy (non-hydrogen) atoms. The molecule has 0 saturated carbocycles. The molecule has 0 radical (unpaired) electrons. The molecule has 4 heteroatoms. The van der Waals surface area contributed by atoms with Gasteiger partial charge in [-0.1, -0.05) is 25.6 Å². The Morgan fingerprint density at radius 2 is 1.69 bits per heavy atom.